The van der Waals surface area contributed by atoms with Crippen LogP contribution in [0.4, 0.5) is 5.69 Å². The molecule has 0 radical (unpaired) electrons. The SMILES string of the molecule is CCCCn1ncc(NCCc2cscn2)c(Br)c1=O. The van der Waals surface area contributed by atoms with Crippen molar-refractivity contribution in [3.8, 4) is 0 Å². The average Bonchev–Trinajstić information content (AvgIpc) is 2.96. The van der Waals surface area contributed by atoms with Crippen molar-refractivity contribution in [3.63, 3.8) is 0 Å². The van der Waals surface area contributed by atoms with Crippen LogP contribution in [0.1, 0.15) is 25.5 Å². The Morgan fingerprint density at radius 3 is 3.05 bits per heavy atom. The number of rotatable bonds is 7. The number of nitrogens with zero attached hydrogens (tertiary/aromatic N) is 3. The third kappa shape index (κ3) is 3.89. The Morgan fingerprint density at radius 1 is 1.50 bits per heavy atom. The van der Waals surface area contributed by atoms with Crippen molar-refractivity contribution < 1.29 is 0 Å². The molecule has 0 aromatic carbocycles. The van der Waals surface area contributed by atoms with Gasteiger partial charge in [-0.05, 0) is 22.4 Å². The standard InChI is InChI=1S/C13H17BrN4OS/c1-2-3-6-18-13(19)12(14)11(7-17-18)15-5-4-10-8-20-9-16-10/h7-9,15H,2-6H2,1H3. The topological polar surface area (TPSA) is 59.8 Å². The molecular formula is C13H17BrN4OS. The summed E-state index contributed by atoms with van der Waals surface area (Å²) in [4.78, 5) is 16.3. The molecule has 0 aliphatic carbocycles. The van der Waals surface area contributed by atoms with Crippen LogP contribution in [0.5, 0.6) is 0 Å². The molecule has 5 nitrogen and oxygen atoms in total. The quantitative estimate of drug-likeness (QED) is 0.828. The molecule has 0 saturated heterocycles. The smallest absolute Gasteiger partial charge is 0.283 e. The van der Waals surface area contributed by atoms with Crippen LogP contribution in [0.25, 0.3) is 0 Å². The van der Waals surface area contributed by atoms with Crippen molar-refractivity contribution in [1.82, 2.24) is 14.8 Å². The van der Waals surface area contributed by atoms with E-state index in [1.54, 1.807) is 17.5 Å². The number of unbranched alkanes of at least 4 members (excludes halogenated alkanes) is 1. The number of aromatic nitrogens is 3. The first-order valence-corrected chi connectivity index (χ1v) is 8.32. The Morgan fingerprint density at radius 2 is 2.35 bits per heavy atom. The number of thiazole rings is 1. The number of aryl methyl sites for hydroxylation is 1. The molecule has 108 valence electrons. The van der Waals surface area contributed by atoms with E-state index in [1.807, 2.05) is 10.9 Å². The molecule has 20 heavy (non-hydrogen) atoms. The molecule has 2 rings (SSSR count). The zero-order valence-corrected chi connectivity index (χ0v) is 13.7. The van der Waals surface area contributed by atoms with Gasteiger partial charge in [0.25, 0.3) is 5.56 Å². The van der Waals surface area contributed by atoms with Gasteiger partial charge in [0.2, 0.25) is 0 Å². The summed E-state index contributed by atoms with van der Waals surface area (Å²) in [5.41, 5.74) is 3.53. The minimum Gasteiger partial charge on any atom is -0.382 e. The van der Waals surface area contributed by atoms with Gasteiger partial charge in [0, 0.05) is 24.9 Å². The molecular weight excluding hydrogens is 340 g/mol. The van der Waals surface area contributed by atoms with Crippen molar-refractivity contribution >= 4 is 33.0 Å². The lowest BCUT2D eigenvalue weighted by molar-refractivity contribution is 0.541. The van der Waals surface area contributed by atoms with Gasteiger partial charge in [0.1, 0.15) is 4.47 Å². The Hall–Kier alpha value is -1.21. The van der Waals surface area contributed by atoms with Crippen LogP contribution >= 0.6 is 27.3 Å². The fourth-order valence-electron chi connectivity index (χ4n) is 1.74. The molecule has 0 aliphatic heterocycles. The van der Waals surface area contributed by atoms with E-state index in [0.29, 0.717) is 11.0 Å². The normalized spacial score (nSPS) is 10.7. The molecule has 0 amide bonds. The highest BCUT2D eigenvalue weighted by Gasteiger charge is 2.08. The van der Waals surface area contributed by atoms with Crippen molar-refractivity contribution in [2.75, 3.05) is 11.9 Å². The van der Waals surface area contributed by atoms with Gasteiger partial charge in [-0.15, -0.1) is 11.3 Å². The van der Waals surface area contributed by atoms with Crippen molar-refractivity contribution in [2.24, 2.45) is 0 Å². The van der Waals surface area contributed by atoms with Gasteiger partial charge in [-0.1, -0.05) is 13.3 Å². The third-order valence-electron chi connectivity index (χ3n) is 2.89. The first kappa shape index (κ1) is 15.2. The van der Waals surface area contributed by atoms with E-state index in [1.165, 1.54) is 4.68 Å². The zero-order valence-electron chi connectivity index (χ0n) is 11.3. The van der Waals surface area contributed by atoms with Gasteiger partial charge in [-0.25, -0.2) is 9.67 Å². The first-order valence-electron chi connectivity index (χ1n) is 6.59. The van der Waals surface area contributed by atoms with Crippen LogP contribution in [0.2, 0.25) is 0 Å². The summed E-state index contributed by atoms with van der Waals surface area (Å²) in [5, 5.41) is 9.43. The summed E-state index contributed by atoms with van der Waals surface area (Å²) in [7, 11) is 0. The fraction of sp³-hybridized carbons (Fsp3) is 0.462. The monoisotopic (exact) mass is 356 g/mol. The second-order valence-corrected chi connectivity index (χ2v) is 5.92. The highest BCUT2D eigenvalue weighted by atomic mass is 79.9. The van der Waals surface area contributed by atoms with Crippen LogP contribution in [0.3, 0.4) is 0 Å². The highest BCUT2D eigenvalue weighted by Crippen LogP contribution is 2.16. The number of hydrogen-bond donors (Lipinski definition) is 1. The summed E-state index contributed by atoms with van der Waals surface area (Å²) in [6.45, 7) is 3.48. The third-order valence-corrected chi connectivity index (χ3v) is 4.29. The Bertz CT molecular complexity index is 597. The van der Waals surface area contributed by atoms with Gasteiger partial charge in [-0.2, -0.15) is 5.10 Å². The van der Waals surface area contributed by atoms with Crippen LogP contribution in [-0.2, 0) is 13.0 Å². The van der Waals surface area contributed by atoms with E-state index < -0.39 is 0 Å². The maximum Gasteiger partial charge on any atom is 0.283 e. The fourth-order valence-corrected chi connectivity index (χ4v) is 2.78. The first-order chi connectivity index (χ1) is 9.72. The van der Waals surface area contributed by atoms with Crippen LogP contribution < -0.4 is 10.9 Å². The summed E-state index contributed by atoms with van der Waals surface area (Å²) in [6, 6.07) is 0. The van der Waals surface area contributed by atoms with E-state index in [-0.39, 0.29) is 5.56 Å². The molecule has 2 heterocycles. The summed E-state index contributed by atoms with van der Waals surface area (Å²) in [6.07, 6.45) is 4.52. The molecule has 2 aromatic rings. The van der Waals surface area contributed by atoms with E-state index in [0.717, 1.165) is 37.2 Å². The Labute approximate surface area is 130 Å². The van der Waals surface area contributed by atoms with Crippen LogP contribution in [0, 0.1) is 0 Å². The highest BCUT2D eigenvalue weighted by molar-refractivity contribution is 9.10. The maximum atomic E-state index is 12.1. The van der Waals surface area contributed by atoms with Crippen molar-refractivity contribution in [2.45, 2.75) is 32.7 Å². The molecule has 0 fully saturated rings. The van der Waals surface area contributed by atoms with E-state index in [2.05, 4.69) is 38.3 Å². The molecule has 0 saturated carbocycles. The molecule has 0 atom stereocenters. The molecule has 1 N–H and O–H groups in total. The van der Waals surface area contributed by atoms with E-state index in [9.17, 15) is 4.79 Å². The number of nitrogens with one attached hydrogen (secondary N) is 1. The maximum absolute atomic E-state index is 12.1. The lowest BCUT2D eigenvalue weighted by Crippen LogP contribution is -2.24. The molecule has 0 spiro atoms. The van der Waals surface area contributed by atoms with Crippen LogP contribution in [-0.4, -0.2) is 21.3 Å². The predicted molar refractivity (Wildman–Crippen MR) is 85.4 cm³/mol. The Balaban J connectivity index is 1.98. The van der Waals surface area contributed by atoms with Gasteiger partial charge in [-0.3, -0.25) is 4.79 Å². The van der Waals surface area contributed by atoms with Gasteiger partial charge in [0.05, 0.1) is 23.1 Å². The molecule has 0 bridgehead atoms. The van der Waals surface area contributed by atoms with E-state index in [4.69, 9.17) is 0 Å². The Kier molecular flexibility index (Phi) is 5.72. The molecule has 0 aliphatic rings. The van der Waals surface area contributed by atoms with Crippen molar-refractivity contribution in [3.05, 3.63) is 37.6 Å². The number of halogens is 1. The second kappa shape index (κ2) is 7.54. The average molecular weight is 357 g/mol. The minimum atomic E-state index is -0.0860. The second-order valence-electron chi connectivity index (χ2n) is 4.41. The number of hydrogen-bond acceptors (Lipinski definition) is 5. The van der Waals surface area contributed by atoms with Crippen LogP contribution in [0.15, 0.2) is 26.4 Å². The van der Waals surface area contributed by atoms with Crippen molar-refractivity contribution in [1.29, 1.82) is 0 Å². The summed E-state index contributed by atoms with van der Waals surface area (Å²) < 4.78 is 2.04. The lowest BCUT2D eigenvalue weighted by Gasteiger charge is -2.09. The summed E-state index contributed by atoms with van der Waals surface area (Å²) >= 11 is 4.94. The predicted octanol–water partition coefficient (Wildman–Crippen LogP) is 2.92. The molecule has 7 heteroatoms. The summed E-state index contributed by atoms with van der Waals surface area (Å²) in [5.74, 6) is 0. The number of anilines is 1. The largest absolute Gasteiger partial charge is 0.382 e. The lowest BCUT2D eigenvalue weighted by atomic mass is 10.3. The molecule has 0 unspecified atom stereocenters. The minimum absolute atomic E-state index is 0.0860. The van der Waals surface area contributed by atoms with Gasteiger partial charge < -0.3 is 5.32 Å². The molecule has 2 aromatic heterocycles. The van der Waals surface area contributed by atoms with E-state index >= 15 is 0 Å². The zero-order chi connectivity index (χ0) is 14.4. The van der Waals surface area contributed by atoms with Gasteiger partial charge in [0.15, 0.2) is 0 Å². The van der Waals surface area contributed by atoms with Gasteiger partial charge >= 0.3 is 0 Å².